The van der Waals surface area contributed by atoms with Gasteiger partial charge in [0.1, 0.15) is 0 Å². The third-order valence-corrected chi connectivity index (χ3v) is 0.357. The van der Waals surface area contributed by atoms with E-state index in [1.54, 1.807) is 0 Å². The molecule has 0 aromatic rings. The van der Waals surface area contributed by atoms with Gasteiger partial charge in [-0.15, -0.1) is 0 Å². The van der Waals surface area contributed by atoms with Gasteiger partial charge in [0.25, 0.3) is 0 Å². The van der Waals surface area contributed by atoms with E-state index >= 15 is 0 Å². The zero-order valence-corrected chi connectivity index (χ0v) is 3.55. The molecule has 0 rings (SSSR count). The average Bonchev–Trinajstić information content (AvgIpc) is 1.35. The van der Waals surface area contributed by atoms with Gasteiger partial charge in [0.2, 0.25) is 0 Å². The largest absolute Gasteiger partial charge is 0.779 e. The molecule has 6 heteroatoms. The molecule has 0 atom stereocenters. The van der Waals surface area contributed by atoms with Gasteiger partial charge in [0.05, 0.1) is 0 Å². The van der Waals surface area contributed by atoms with Crippen LogP contribution in [-0.2, 0) is 4.57 Å². The Morgan fingerprint density at radius 1 is 1.67 bits per heavy atom. The van der Waals surface area contributed by atoms with Gasteiger partial charge in [-0.05, 0) is 0 Å². The lowest BCUT2D eigenvalue weighted by atomic mass is 13.5. The van der Waals surface area contributed by atoms with Gasteiger partial charge < -0.3 is 20.2 Å². The minimum atomic E-state index is -4.45. The van der Waals surface area contributed by atoms with Crippen LogP contribution >= 0.6 is 7.75 Å². The number of hydrogen-bond acceptors (Lipinski definition) is 2. The van der Waals surface area contributed by atoms with Crippen molar-refractivity contribution < 1.29 is 14.4 Å². The van der Waals surface area contributed by atoms with Crippen molar-refractivity contribution in [3.8, 4) is 0 Å². The molecule has 0 aliphatic heterocycles. The highest BCUT2D eigenvalue weighted by Gasteiger charge is 2.00. The molecule has 3 N–H and O–H groups in total. The summed E-state index contributed by atoms with van der Waals surface area (Å²) >= 11 is 0. The lowest BCUT2D eigenvalue weighted by Gasteiger charge is -2.06. The third kappa shape index (κ3) is 4.07. The molecule has 0 aromatic heterocycles. The highest BCUT2D eigenvalue weighted by Crippen LogP contribution is 2.26. The topological polar surface area (TPSA) is 92.6 Å². The molecular formula is H3NO4P-. The standard InChI is InChI=1S/H3NO4P/c2-1-6(3,4)5/h(H3-,1,2,3,4,5)/q-1. The first-order valence-electron chi connectivity index (χ1n) is 1.01. The van der Waals surface area contributed by atoms with Crippen molar-refractivity contribution in [1.82, 2.24) is 5.25 Å². The molecule has 0 aliphatic carbocycles. The number of rotatable bonds is 1. The van der Waals surface area contributed by atoms with E-state index < -0.39 is 7.75 Å². The molecule has 5 nitrogen and oxygen atoms in total. The molecule has 0 saturated carbocycles. The fraction of sp³-hybridized carbons (Fsp3) is 0. The van der Waals surface area contributed by atoms with Crippen molar-refractivity contribution in [3.05, 3.63) is 5.21 Å². The van der Waals surface area contributed by atoms with Gasteiger partial charge >= 0.3 is 7.75 Å². The maximum absolute atomic E-state index is 9.27. The number of nitrogens with one attached hydrogen (secondary N) is 1. The van der Waals surface area contributed by atoms with Crippen molar-refractivity contribution in [2.24, 2.45) is 0 Å². The molecule has 0 saturated heterocycles. The van der Waals surface area contributed by atoms with E-state index in [-0.39, 0.29) is 0 Å². The normalized spacial score (nSPS) is 11.8. The van der Waals surface area contributed by atoms with E-state index in [0.29, 0.717) is 5.25 Å². The van der Waals surface area contributed by atoms with Crippen molar-refractivity contribution in [2.75, 3.05) is 0 Å². The van der Waals surface area contributed by atoms with E-state index in [0.717, 1.165) is 0 Å². The maximum Gasteiger partial charge on any atom is 0.388 e. The van der Waals surface area contributed by atoms with Gasteiger partial charge in [0, 0.05) is 0 Å². The molecule has 6 heavy (non-hydrogen) atoms. The molecule has 0 fully saturated rings. The smallest absolute Gasteiger partial charge is 0.388 e. The maximum atomic E-state index is 9.27. The Bertz CT molecular complexity index is 71.6. The first-order valence-corrected chi connectivity index (χ1v) is 2.62. The summed E-state index contributed by atoms with van der Waals surface area (Å²) in [5, 5.41) is 9.46. The minimum Gasteiger partial charge on any atom is -0.779 e. The van der Waals surface area contributed by atoms with Gasteiger partial charge in [-0.25, -0.2) is 4.57 Å². The Morgan fingerprint density at radius 2 is 1.83 bits per heavy atom. The summed E-state index contributed by atoms with van der Waals surface area (Å²) in [6.07, 6.45) is 0. The molecule has 0 heterocycles. The Morgan fingerprint density at radius 3 is 1.83 bits per heavy atom. The van der Waals surface area contributed by atoms with Crippen LogP contribution in [0.3, 0.4) is 0 Å². The van der Waals surface area contributed by atoms with Crippen molar-refractivity contribution in [3.63, 3.8) is 0 Å². The van der Waals surface area contributed by atoms with E-state index in [1.165, 1.54) is 0 Å². The monoisotopic (exact) mass is 112 g/mol. The van der Waals surface area contributed by atoms with Crippen molar-refractivity contribution >= 4 is 7.75 Å². The molecule has 0 radical (unpaired) electrons. The van der Waals surface area contributed by atoms with Crippen LogP contribution < -0.4 is 5.25 Å². The fourth-order valence-electron chi connectivity index (χ4n) is 0. The van der Waals surface area contributed by atoms with Crippen LogP contribution in [0.15, 0.2) is 0 Å². The van der Waals surface area contributed by atoms with E-state index in [9.17, 15) is 4.57 Å². The van der Waals surface area contributed by atoms with Crippen LogP contribution in [-0.4, -0.2) is 9.79 Å². The van der Waals surface area contributed by atoms with Crippen LogP contribution in [0, 0.1) is 5.21 Å². The zero-order chi connectivity index (χ0) is 5.21. The molecule has 0 aliphatic rings. The first kappa shape index (κ1) is 6.07. The fourth-order valence-corrected chi connectivity index (χ4v) is 0. The second-order valence-electron chi connectivity index (χ2n) is 0.635. The van der Waals surface area contributed by atoms with Crippen LogP contribution in [0.4, 0.5) is 0 Å². The van der Waals surface area contributed by atoms with Crippen molar-refractivity contribution in [2.45, 2.75) is 0 Å². The van der Waals surface area contributed by atoms with Crippen LogP contribution in [0.1, 0.15) is 0 Å². The van der Waals surface area contributed by atoms with Gasteiger partial charge in [-0.1, -0.05) is 0 Å². The molecule has 0 amide bonds. The lowest BCUT2D eigenvalue weighted by Crippen LogP contribution is -1.95. The van der Waals surface area contributed by atoms with Crippen molar-refractivity contribution in [1.29, 1.82) is 0 Å². The Balaban J connectivity index is 3.48. The van der Waals surface area contributed by atoms with Crippen LogP contribution in [0.5, 0.6) is 0 Å². The van der Waals surface area contributed by atoms with Gasteiger partial charge in [-0.2, -0.15) is 0 Å². The summed E-state index contributed by atoms with van der Waals surface area (Å²) < 4.78 is 9.27. The Hall–Kier alpha value is 0.0700. The molecule has 0 unspecified atom stereocenters. The molecule has 0 spiro atoms. The predicted octanol–water partition coefficient (Wildman–Crippen LogP) is -0.834. The SMILES string of the molecule is O=P(O)(O)N[O-]. The average molecular weight is 112 g/mol. The van der Waals surface area contributed by atoms with Crippen LogP contribution in [0.25, 0.3) is 0 Å². The van der Waals surface area contributed by atoms with Gasteiger partial charge in [0.15, 0.2) is 0 Å². The lowest BCUT2D eigenvalue weighted by molar-refractivity contribution is 0.365. The van der Waals surface area contributed by atoms with E-state index in [2.05, 4.69) is 0 Å². The number of hydrogen-bond donors (Lipinski definition) is 3. The highest BCUT2D eigenvalue weighted by atomic mass is 31.2. The summed E-state index contributed by atoms with van der Waals surface area (Å²) in [7, 11) is -4.45. The third-order valence-electron chi connectivity index (χ3n) is 0.119. The van der Waals surface area contributed by atoms with E-state index in [1.807, 2.05) is 0 Å². The highest BCUT2D eigenvalue weighted by molar-refractivity contribution is 7.49. The van der Waals surface area contributed by atoms with Crippen LogP contribution in [0.2, 0.25) is 0 Å². The van der Waals surface area contributed by atoms with Gasteiger partial charge in [-0.3, -0.25) is 0 Å². The second kappa shape index (κ2) is 1.68. The second-order valence-corrected chi connectivity index (χ2v) is 1.91. The molecule has 0 aromatic carbocycles. The predicted molar refractivity (Wildman–Crippen MR) is 18.5 cm³/mol. The Kier molecular flexibility index (Phi) is 1.70. The summed E-state index contributed by atoms with van der Waals surface area (Å²) in [6, 6.07) is 0. The van der Waals surface area contributed by atoms with E-state index in [4.69, 9.17) is 15.0 Å². The zero-order valence-electron chi connectivity index (χ0n) is 2.66. The Labute approximate surface area is 33.8 Å². The first-order chi connectivity index (χ1) is 2.56. The quantitative estimate of drug-likeness (QED) is 0.304. The summed E-state index contributed by atoms with van der Waals surface area (Å²) in [4.78, 5) is 15.0. The summed E-state index contributed by atoms with van der Waals surface area (Å²) in [5.41, 5.74) is 0. The summed E-state index contributed by atoms with van der Waals surface area (Å²) in [6.45, 7) is 0. The summed E-state index contributed by atoms with van der Waals surface area (Å²) in [5.74, 6) is 0. The molecule has 38 valence electrons. The minimum absolute atomic E-state index is 0.521. The molecule has 0 bridgehead atoms. The molecular weight excluding hydrogens is 109 g/mol.